The van der Waals surface area contributed by atoms with Gasteiger partial charge in [0.25, 0.3) is 11.8 Å². The molecule has 0 aliphatic heterocycles. The van der Waals surface area contributed by atoms with E-state index in [0.29, 0.717) is 17.7 Å². The Balaban J connectivity index is 1.58. The van der Waals surface area contributed by atoms with Crippen LogP contribution in [0, 0.1) is 6.92 Å². The van der Waals surface area contributed by atoms with Crippen LogP contribution in [-0.4, -0.2) is 21.6 Å². The van der Waals surface area contributed by atoms with Gasteiger partial charge in [0, 0.05) is 23.5 Å². The zero-order chi connectivity index (χ0) is 17.6. The Morgan fingerprint density at radius 2 is 1.68 bits per heavy atom. The van der Waals surface area contributed by atoms with Gasteiger partial charge in [0.05, 0.1) is 6.54 Å². The lowest BCUT2D eigenvalue weighted by atomic mass is 10.1. The molecule has 6 nitrogen and oxygen atoms in total. The highest BCUT2D eigenvalue weighted by Crippen LogP contribution is 2.07. The van der Waals surface area contributed by atoms with Crippen LogP contribution < -0.4 is 10.9 Å². The lowest BCUT2D eigenvalue weighted by Crippen LogP contribution is -2.41. The Morgan fingerprint density at radius 3 is 2.36 bits per heavy atom. The van der Waals surface area contributed by atoms with Gasteiger partial charge in [-0.2, -0.15) is 5.10 Å². The fourth-order valence-corrected chi connectivity index (χ4v) is 2.42. The van der Waals surface area contributed by atoms with Crippen molar-refractivity contribution in [3.8, 4) is 0 Å². The van der Waals surface area contributed by atoms with E-state index < -0.39 is 0 Å². The van der Waals surface area contributed by atoms with E-state index in [4.69, 9.17) is 0 Å². The average Bonchev–Trinajstić information content (AvgIpc) is 3.13. The Morgan fingerprint density at radius 1 is 0.960 bits per heavy atom. The maximum atomic E-state index is 12.2. The number of hydrazine groups is 1. The summed E-state index contributed by atoms with van der Waals surface area (Å²) in [7, 11) is 0. The van der Waals surface area contributed by atoms with Gasteiger partial charge in [-0.15, -0.1) is 0 Å². The molecule has 0 fully saturated rings. The summed E-state index contributed by atoms with van der Waals surface area (Å²) >= 11 is 0. The normalized spacial score (nSPS) is 10.3. The van der Waals surface area contributed by atoms with E-state index in [-0.39, 0.29) is 11.8 Å². The van der Waals surface area contributed by atoms with Crippen LogP contribution in [0.1, 0.15) is 31.8 Å². The van der Waals surface area contributed by atoms with E-state index in [1.165, 1.54) is 0 Å². The zero-order valence-electron chi connectivity index (χ0n) is 13.8. The molecule has 3 aromatic rings. The zero-order valence-corrected chi connectivity index (χ0v) is 13.8. The first-order valence-corrected chi connectivity index (χ1v) is 7.86. The molecule has 2 amide bonds. The average molecular weight is 334 g/mol. The summed E-state index contributed by atoms with van der Waals surface area (Å²) in [4.78, 5) is 24.2. The number of carbonyl (C=O) groups excluding carboxylic acids is 2. The quantitative estimate of drug-likeness (QED) is 0.719. The molecule has 0 aliphatic rings. The first kappa shape index (κ1) is 16.4. The van der Waals surface area contributed by atoms with Crippen LogP contribution in [0.2, 0.25) is 0 Å². The summed E-state index contributed by atoms with van der Waals surface area (Å²) in [5.41, 5.74) is 7.74. The minimum absolute atomic E-state index is 0.346. The van der Waals surface area contributed by atoms with E-state index in [1.807, 2.05) is 43.5 Å². The molecule has 126 valence electrons. The number of aryl methyl sites for hydroxylation is 1. The van der Waals surface area contributed by atoms with Crippen molar-refractivity contribution in [3.05, 3.63) is 89.2 Å². The number of benzene rings is 2. The molecule has 0 spiro atoms. The minimum atomic E-state index is -0.368. The molecular formula is C19H18N4O2. The number of amides is 2. The Labute approximate surface area is 145 Å². The summed E-state index contributed by atoms with van der Waals surface area (Å²) in [6.45, 7) is 2.48. The molecule has 1 aromatic heterocycles. The molecule has 3 rings (SSSR count). The van der Waals surface area contributed by atoms with Gasteiger partial charge in [0.15, 0.2) is 0 Å². The second kappa shape index (κ2) is 7.44. The van der Waals surface area contributed by atoms with Gasteiger partial charge in [-0.1, -0.05) is 30.3 Å². The lowest BCUT2D eigenvalue weighted by Gasteiger charge is -2.09. The van der Waals surface area contributed by atoms with E-state index in [2.05, 4.69) is 16.0 Å². The van der Waals surface area contributed by atoms with E-state index in [0.717, 1.165) is 11.1 Å². The van der Waals surface area contributed by atoms with Gasteiger partial charge in [-0.3, -0.25) is 25.1 Å². The highest BCUT2D eigenvalue weighted by molar-refractivity contribution is 5.99. The summed E-state index contributed by atoms with van der Waals surface area (Å²) < 4.78 is 1.80. The van der Waals surface area contributed by atoms with Gasteiger partial charge in [-0.05, 0) is 42.3 Å². The molecule has 2 aromatic carbocycles. The molecule has 6 heteroatoms. The SMILES string of the molecule is Cc1ccccc1C(=O)NNC(=O)c1ccc(Cn2cccn2)cc1. The van der Waals surface area contributed by atoms with E-state index >= 15 is 0 Å². The molecular weight excluding hydrogens is 316 g/mol. The smallest absolute Gasteiger partial charge is 0.268 e. The summed E-state index contributed by atoms with van der Waals surface area (Å²) in [6.07, 6.45) is 3.60. The van der Waals surface area contributed by atoms with Gasteiger partial charge in [0.2, 0.25) is 0 Å². The van der Waals surface area contributed by atoms with Crippen molar-refractivity contribution in [3.63, 3.8) is 0 Å². The molecule has 0 radical (unpaired) electrons. The lowest BCUT2D eigenvalue weighted by molar-refractivity contribution is 0.0846. The Hall–Kier alpha value is -3.41. The summed E-state index contributed by atoms with van der Waals surface area (Å²) in [5, 5.41) is 4.14. The number of hydrogen-bond donors (Lipinski definition) is 2. The summed E-state index contributed by atoms with van der Waals surface area (Å²) in [6, 6.07) is 16.2. The molecule has 0 atom stereocenters. The van der Waals surface area contributed by atoms with Crippen LogP contribution in [0.4, 0.5) is 0 Å². The molecule has 0 saturated heterocycles. The maximum Gasteiger partial charge on any atom is 0.269 e. The van der Waals surface area contributed by atoms with Crippen LogP contribution >= 0.6 is 0 Å². The van der Waals surface area contributed by atoms with Crippen LogP contribution in [-0.2, 0) is 6.54 Å². The van der Waals surface area contributed by atoms with Crippen LogP contribution in [0.15, 0.2) is 67.0 Å². The minimum Gasteiger partial charge on any atom is -0.268 e. The predicted octanol–water partition coefficient (Wildman–Crippen LogP) is 2.31. The topological polar surface area (TPSA) is 76.0 Å². The summed E-state index contributed by atoms with van der Waals surface area (Å²) in [5.74, 6) is -0.714. The van der Waals surface area contributed by atoms with Crippen molar-refractivity contribution in [1.29, 1.82) is 0 Å². The number of hydrogen-bond acceptors (Lipinski definition) is 3. The van der Waals surface area contributed by atoms with Crippen molar-refractivity contribution >= 4 is 11.8 Å². The van der Waals surface area contributed by atoms with Gasteiger partial charge < -0.3 is 0 Å². The molecule has 0 aliphatic carbocycles. The second-order valence-electron chi connectivity index (χ2n) is 5.62. The number of carbonyl (C=O) groups is 2. The Bertz CT molecular complexity index is 871. The number of rotatable bonds is 4. The fourth-order valence-electron chi connectivity index (χ4n) is 2.42. The number of aromatic nitrogens is 2. The highest BCUT2D eigenvalue weighted by Gasteiger charge is 2.10. The third-order valence-electron chi connectivity index (χ3n) is 3.80. The van der Waals surface area contributed by atoms with Crippen LogP contribution in [0.5, 0.6) is 0 Å². The first-order valence-electron chi connectivity index (χ1n) is 7.86. The second-order valence-corrected chi connectivity index (χ2v) is 5.62. The Kier molecular flexibility index (Phi) is 4.89. The maximum absolute atomic E-state index is 12.2. The first-order chi connectivity index (χ1) is 12.1. The number of nitrogens with one attached hydrogen (secondary N) is 2. The molecule has 0 bridgehead atoms. The molecule has 25 heavy (non-hydrogen) atoms. The van der Waals surface area contributed by atoms with Crippen molar-refractivity contribution in [1.82, 2.24) is 20.6 Å². The van der Waals surface area contributed by atoms with E-state index in [1.54, 1.807) is 35.1 Å². The number of nitrogens with zero attached hydrogens (tertiary/aromatic N) is 2. The molecule has 1 heterocycles. The fraction of sp³-hybridized carbons (Fsp3) is 0.105. The van der Waals surface area contributed by atoms with Gasteiger partial charge >= 0.3 is 0 Å². The van der Waals surface area contributed by atoms with Crippen LogP contribution in [0.3, 0.4) is 0 Å². The van der Waals surface area contributed by atoms with E-state index in [9.17, 15) is 9.59 Å². The predicted molar refractivity (Wildman–Crippen MR) is 93.9 cm³/mol. The largest absolute Gasteiger partial charge is 0.269 e. The molecule has 0 unspecified atom stereocenters. The van der Waals surface area contributed by atoms with Crippen molar-refractivity contribution in [2.45, 2.75) is 13.5 Å². The van der Waals surface area contributed by atoms with Gasteiger partial charge in [-0.25, -0.2) is 0 Å². The van der Waals surface area contributed by atoms with Gasteiger partial charge in [0.1, 0.15) is 0 Å². The van der Waals surface area contributed by atoms with Crippen molar-refractivity contribution in [2.75, 3.05) is 0 Å². The molecule has 2 N–H and O–H groups in total. The van der Waals surface area contributed by atoms with Crippen molar-refractivity contribution in [2.24, 2.45) is 0 Å². The highest BCUT2D eigenvalue weighted by atomic mass is 16.2. The standard InChI is InChI=1S/C19H18N4O2/c1-14-5-2-3-6-17(14)19(25)22-21-18(24)16-9-7-15(8-10-16)13-23-12-4-11-20-23/h2-12H,13H2,1H3,(H,21,24)(H,22,25). The third-order valence-corrected chi connectivity index (χ3v) is 3.80. The van der Waals surface area contributed by atoms with Crippen LogP contribution in [0.25, 0.3) is 0 Å². The van der Waals surface area contributed by atoms with Crippen molar-refractivity contribution < 1.29 is 9.59 Å². The molecule has 0 saturated carbocycles. The monoisotopic (exact) mass is 334 g/mol. The third kappa shape index (κ3) is 4.11.